The Balaban J connectivity index is 1.79. The summed E-state index contributed by atoms with van der Waals surface area (Å²) in [5, 5.41) is 0. The predicted octanol–water partition coefficient (Wildman–Crippen LogP) is 3.18. The normalized spacial score (nSPS) is 16.7. The Morgan fingerprint density at radius 2 is 1.94 bits per heavy atom. The van der Waals surface area contributed by atoms with E-state index < -0.39 is 0 Å². The molecule has 0 spiro atoms. The summed E-state index contributed by atoms with van der Waals surface area (Å²) in [7, 11) is 0. The summed E-state index contributed by atoms with van der Waals surface area (Å²) in [5.41, 5.74) is 0.569. The largest absolute Gasteiger partial charge is 0.467 e. The summed E-state index contributed by atoms with van der Waals surface area (Å²) < 4.78 is 11.1. The molecule has 0 radical (unpaired) electrons. The molecule has 2 rings (SSSR count). The Labute approximate surface area is 102 Å². The second kappa shape index (κ2) is 6.40. The van der Waals surface area contributed by atoms with Crippen molar-refractivity contribution in [2.75, 3.05) is 6.79 Å². The zero-order valence-corrected chi connectivity index (χ0v) is 9.93. The molecule has 17 heavy (non-hydrogen) atoms. The van der Waals surface area contributed by atoms with Crippen LogP contribution in [0.2, 0.25) is 0 Å². The Hall–Kier alpha value is -1.35. The minimum Gasteiger partial charge on any atom is -0.467 e. The van der Waals surface area contributed by atoms with Crippen LogP contribution in [0.25, 0.3) is 0 Å². The first kappa shape index (κ1) is 12.1. The van der Waals surface area contributed by atoms with Crippen LogP contribution >= 0.6 is 0 Å². The van der Waals surface area contributed by atoms with Crippen molar-refractivity contribution in [1.29, 1.82) is 0 Å². The molecule has 1 aromatic carbocycles. The summed E-state index contributed by atoms with van der Waals surface area (Å²) in [6, 6.07) is 7.19. The first-order valence-electron chi connectivity index (χ1n) is 6.19. The molecule has 0 atom stereocenters. The van der Waals surface area contributed by atoms with Gasteiger partial charge < -0.3 is 9.47 Å². The molecule has 1 aromatic rings. The molecular formula is C14H18O3. The van der Waals surface area contributed by atoms with Crippen molar-refractivity contribution >= 4 is 6.29 Å². The molecule has 1 fully saturated rings. The van der Waals surface area contributed by atoms with E-state index in [1.165, 1.54) is 19.3 Å². The van der Waals surface area contributed by atoms with Crippen LogP contribution in [0.4, 0.5) is 0 Å². The number of benzene rings is 1. The van der Waals surface area contributed by atoms with Gasteiger partial charge >= 0.3 is 0 Å². The van der Waals surface area contributed by atoms with Gasteiger partial charge in [-0.2, -0.15) is 0 Å². The van der Waals surface area contributed by atoms with E-state index in [2.05, 4.69) is 0 Å². The molecule has 1 aliphatic carbocycles. The van der Waals surface area contributed by atoms with Gasteiger partial charge in [-0.25, -0.2) is 0 Å². The highest BCUT2D eigenvalue weighted by Crippen LogP contribution is 2.21. The van der Waals surface area contributed by atoms with Gasteiger partial charge in [-0.05, 0) is 25.0 Å². The fourth-order valence-electron chi connectivity index (χ4n) is 2.13. The third-order valence-corrected chi connectivity index (χ3v) is 3.12. The zero-order chi connectivity index (χ0) is 11.9. The number of carbonyl (C=O) groups excluding carboxylic acids is 1. The van der Waals surface area contributed by atoms with Gasteiger partial charge in [0.1, 0.15) is 5.75 Å². The van der Waals surface area contributed by atoms with Gasteiger partial charge in [0.05, 0.1) is 11.7 Å². The van der Waals surface area contributed by atoms with Crippen molar-refractivity contribution in [2.24, 2.45) is 0 Å². The fraction of sp³-hybridized carbons (Fsp3) is 0.500. The molecule has 0 N–H and O–H groups in total. The molecule has 0 unspecified atom stereocenters. The van der Waals surface area contributed by atoms with Gasteiger partial charge in [-0.1, -0.05) is 31.4 Å². The summed E-state index contributed by atoms with van der Waals surface area (Å²) >= 11 is 0. The summed E-state index contributed by atoms with van der Waals surface area (Å²) in [5.74, 6) is 0.596. The second-order valence-corrected chi connectivity index (χ2v) is 4.34. The van der Waals surface area contributed by atoms with Gasteiger partial charge in [0.2, 0.25) is 0 Å². The van der Waals surface area contributed by atoms with E-state index in [4.69, 9.17) is 9.47 Å². The molecule has 0 bridgehead atoms. The molecule has 3 nitrogen and oxygen atoms in total. The highest BCUT2D eigenvalue weighted by Gasteiger charge is 2.13. The van der Waals surface area contributed by atoms with E-state index >= 15 is 0 Å². The maximum Gasteiger partial charge on any atom is 0.189 e. The molecule has 0 amide bonds. The molecule has 0 aromatic heterocycles. The van der Waals surface area contributed by atoms with E-state index in [1.807, 2.05) is 12.1 Å². The standard InChI is InChI=1S/C14H18O3/c15-10-12-6-4-5-9-14(12)17-11-16-13-7-2-1-3-8-13/h4-6,9-10,13H,1-3,7-8,11H2. The lowest BCUT2D eigenvalue weighted by Crippen LogP contribution is -2.19. The molecule has 1 saturated carbocycles. The highest BCUT2D eigenvalue weighted by molar-refractivity contribution is 5.79. The van der Waals surface area contributed by atoms with Crippen molar-refractivity contribution < 1.29 is 14.3 Å². The van der Waals surface area contributed by atoms with Gasteiger partial charge in [0, 0.05) is 0 Å². The number of ether oxygens (including phenoxy) is 2. The van der Waals surface area contributed by atoms with Crippen molar-refractivity contribution in [1.82, 2.24) is 0 Å². The molecule has 1 aliphatic rings. The molecule has 0 saturated heterocycles. The van der Waals surface area contributed by atoms with Crippen LogP contribution in [-0.2, 0) is 4.74 Å². The minimum absolute atomic E-state index is 0.232. The van der Waals surface area contributed by atoms with Crippen LogP contribution in [0, 0.1) is 0 Å². The third kappa shape index (κ3) is 3.56. The Morgan fingerprint density at radius 1 is 1.18 bits per heavy atom. The van der Waals surface area contributed by atoms with E-state index in [1.54, 1.807) is 12.1 Å². The molecule has 92 valence electrons. The monoisotopic (exact) mass is 234 g/mol. The summed E-state index contributed by atoms with van der Waals surface area (Å²) in [6.45, 7) is 0.232. The van der Waals surface area contributed by atoms with E-state index in [-0.39, 0.29) is 6.79 Å². The maximum atomic E-state index is 10.8. The van der Waals surface area contributed by atoms with Crippen LogP contribution in [0.1, 0.15) is 42.5 Å². The van der Waals surface area contributed by atoms with Crippen molar-refractivity contribution in [2.45, 2.75) is 38.2 Å². The fourth-order valence-corrected chi connectivity index (χ4v) is 2.13. The Morgan fingerprint density at radius 3 is 2.71 bits per heavy atom. The lowest BCUT2D eigenvalue weighted by atomic mass is 9.98. The molecular weight excluding hydrogens is 216 g/mol. The number of rotatable bonds is 5. The van der Waals surface area contributed by atoms with E-state index in [9.17, 15) is 4.79 Å². The first-order valence-corrected chi connectivity index (χ1v) is 6.19. The molecule has 0 aliphatic heterocycles. The number of para-hydroxylation sites is 1. The molecule has 0 heterocycles. The smallest absolute Gasteiger partial charge is 0.189 e. The van der Waals surface area contributed by atoms with Crippen LogP contribution in [-0.4, -0.2) is 19.2 Å². The molecule has 3 heteroatoms. The summed E-state index contributed by atoms with van der Waals surface area (Å²) in [6.07, 6.45) is 7.18. The quantitative estimate of drug-likeness (QED) is 0.579. The van der Waals surface area contributed by atoms with Gasteiger partial charge in [-0.15, -0.1) is 0 Å². The van der Waals surface area contributed by atoms with Gasteiger partial charge in [-0.3, -0.25) is 4.79 Å². The first-order chi connectivity index (χ1) is 8.40. The second-order valence-electron chi connectivity index (χ2n) is 4.34. The van der Waals surface area contributed by atoms with Crippen LogP contribution < -0.4 is 4.74 Å². The highest BCUT2D eigenvalue weighted by atomic mass is 16.7. The SMILES string of the molecule is O=Cc1ccccc1OCOC1CCCCC1. The van der Waals surface area contributed by atoms with Crippen LogP contribution in [0.3, 0.4) is 0 Å². The lowest BCUT2D eigenvalue weighted by Gasteiger charge is -2.22. The predicted molar refractivity (Wildman–Crippen MR) is 65.3 cm³/mol. The number of aldehydes is 1. The number of hydrogen-bond acceptors (Lipinski definition) is 3. The van der Waals surface area contributed by atoms with E-state index in [0.29, 0.717) is 17.4 Å². The van der Waals surface area contributed by atoms with Crippen LogP contribution in [0.15, 0.2) is 24.3 Å². The van der Waals surface area contributed by atoms with Crippen molar-refractivity contribution in [3.8, 4) is 5.75 Å². The minimum atomic E-state index is 0.232. The van der Waals surface area contributed by atoms with E-state index in [0.717, 1.165) is 19.1 Å². The van der Waals surface area contributed by atoms with Crippen molar-refractivity contribution in [3.05, 3.63) is 29.8 Å². The number of carbonyl (C=O) groups is 1. The summed E-state index contributed by atoms with van der Waals surface area (Å²) in [4.78, 5) is 10.8. The van der Waals surface area contributed by atoms with Crippen LogP contribution in [0.5, 0.6) is 5.75 Å². The third-order valence-electron chi connectivity index (χ3n) is 3.12. The van der Waals surface area contributed by atoms with Gasteiger partial charge in [0.25, 0.3) is 0 Å². The van der Waals surface area contributed by atoms with Gasteiger partial charge in [0.15, 0.2) is 13.1 Å². The average molecular weight is 234 g/mol. The topological polar surface area (TPSA) is 35.5 Å². The van der Waals surface area contributed by atoms with Crippen molar-refractivity contribution in [3.63, 3.8) is 0 Å². The number of hydrogen-bond donors (Lipinski definition) is 0. The lowest BCUT2D eigenvalue weighted by molar-refractivity contribution is -0.0498. The maximum absolute atomic E-state index is 10.8. The Bertz CT molecular complexity index is 356. The zero-order valence-electron chi connectivity index (χ0n) is 9.93. The average Bonchev–Trinajstić information content (AvgIpc) is 2.40. The Kier molecular flexibility index (Phi) is 4.56.